The van der Waals surface area contributed by atoms with Gasteiger partial charge in [-0.15, -0.1) is 0 Å². The van der Waals surface area contributed by atoms with E-state index in [1.807, 2.05) is 35.0 Å². The summed E-state index contributed by atoms with van der Waals surface area (Å²) in [7, 11) is 0. The molecule has 1 atom stereocenters. The molecule has 1 aromatic carbocycles. The number of hydrogen-bond acceptors (Lipinski definition) is 3. The largest absolute Gasteiger partial charge is 0.472 e. The number of carbonyl (C=O) groups is 2. The van der Waals surface area contributed by atoms with Gasteiger partial charge in [-0.25, -0.2) is 0 Å². The van der Waals surface area contributed by atoms with E-state index < -0.39 is 5.66 Å². The first kappa shape index (κ1) is 16.2. The second kappa shape index (κ2) is 5.76. The minimum absolute atomic E-state index is 0.0799. The maximum atomic E-state index is 13.3. The highest BCUT2D eigenvalue weighted by Crippen LogP contribution is 2.43. The second-order valence-corrected chi connectivity index (χ2v) is 7.21. The van der Waals surface area contributed by atoms with Crippen LogP contribution >= 0.6 is 11.6 Å². The fourth-order valence-corrected chi connectivity index (χ4v) is 4.34. The molecule has 0 bridgehead atoms. The van der Waals surface area contributed by atoms with Crippen molar-refractivity contribution in [3.8, 4) is 0 Å². The predicted molar refractivity (Wildman–Crippen MR) is 98.3 cm³/mol. The number of benzene rings is 1. The van der Waals surface area contributed by atoms with Gasteiger partial charge in [0.15, 0.2) is 5.66 Å². The number of halogens is 1. The van der Waals surface area contributed by atoms with E-state index >= 15 is 0 Å². The van der Waals surface area contributed by atoms with Crippen molar-refractivity contribution in [1.29, 1.82) is 0 Å². The summed E-state index contributed by atoms with van der Waals surface area (Å²) in [6.07, 6.45) is 4.79. The third kappa shape index (κ3) is 2.20. The van der Waals surface area contributed by atoms with E-state index in [9.17, 15) is 9.59 Å². The Morgan fingerprint density at radius 3 is 2.67 bits per heavy atom. The highest BCUT2D eigenvalue weighted by molar-refractivity contribution is 6.30. The van der Waals surface area contributed by atoms with Crippen LogP contribution in [-0.4, -0.2) is 39.3 Å². The number of hydrogen-bond donors (Lipinski definition) is 0. The molecule has 2 aliphatic rings. The van der Waals surface area contributed by atoms with E-state index in [0.29, 0.717) is 35.9 Å². The van der Waals surface area contributed by atoms with Gasteiger partial charge in [-0.05, 0) is 30.3 Å². The lowest BCUT2D eigenvalue weighted by Gasteiger charge is -2.47. The third-order valence-corrected chi connectivity index (χ3v) is 5.70. The Kier molecular flexibility index (Phi) is 3.45. The molecule has 0 N–H and O–H groups in total. The van der Waals surface area contributed by atoms with E-state index in [-0.39, 0.29) is 11.8 Å². The van der Waals surface area contributed by atoms with E-state index in [1.54, 1.807) is 28.0 Å². The van der Waals surface area contributed by atoms with Crippen LogP contribution in [0.1, 0.15) is 26.4 Å². The summed E-state index contributed by atoms with van der Waals surface area (Å²) >= 11 is 6.08. The fourth-order valence-electron chi connectivity index (χ4n) is 4.21. The number of amides is 2. The molecule has 136 valence electrons. The normalized spacial score (nSPS) is 21.3. The quantitative estimate of drug-likeness (QED) is 0.685. The molecular formula is C20H16ClN3O3. The Bertz CT molecular complexity index is 1030. The molecular weight excluding hydrogens is 366 g/mol. The Labute approximate surface area is 160 Å². The van der Waals surface area contributed by atoms with Crippen LogP contribution in [0.2, 0.25) is 5.02 Å². The van der Waals surface area contributed by atoms with E-state index in [2.05, 4.69) is 0 Å². The van der Waals surface area contributed by atoms with Crippen molar-refractivity contribution in [2.45, 2.75) is 12.2 Å². The average molecular weight is 382 g/mol. The van der Waals surface area contributed by atoms with E-state index in [0.717, 1.165) is 5.56 Å². The molecule has 3 aromatic rings. The average Bonchev–Trinajstić information content (AvgIpc) is 3.41. The molecule has 2 amide bonds. The van der Waals surface area contributed by atoms with Gasteiger partial charge in [0, 0.05) is 29.9 Å². The van der Waals surface area contributed by atoms with Crippen LogP contribution in [0.5, 0.6) is 0 Å². The smallest absolute Gasteiger partial charge is 0.272 e. The van der Waals surface area contributed by atoms with Crippen molar-refractivity contribution < 1.29 is 14.0 Å². The van der Waals surface area contributed by atoms with Gasteiger partial charge in [-0.3, -0.25) is 9.59 Å². The molecule has 27 heavy (non-hydrogen) atoms. The zero-order valence-corrected chi connectivity index (χ0v) is 15.1. The minimum atomic E-state index is -0.901. The molecule has 1 fully saturated rings. The summed E-state index contributed by atoms with van der Waals surface area (Å²) in [5.41, 5.74) is 1.06. The van der Waals surface area contributed by atoms with Gasteiger partial charge < -0.3 is 18.8 Å². The van der Waals surface area contributed by atoms with Gasteiger partial charge in [0.2, 0.25) is 0 Å². The number of rotatable bonds is 2. The maximum Gasteiger partial charge on any atom is 0.272 e. The van der Waals surface area contributed by atoms with E-state index in [4.69, 9.17) is 16.0 Å². The fraction of sp³-hybridized carbons (Fsp3) is 0.200. The van der Waals surface area contributed by atoms with E-state index in [1.165, 1.54) is 12.5 Å². The Balaban J connectivity index is 1.70. The second-order valence-electron chi connectivity index (χ2n) is 6.77. The summed E-state index contributed by atoms with van der Waals surface area (Å²) < 4.78 is 7.01. The number of furan rings is 1. The SMILES string of the molecule is O=C(c1ccoc1)N1CCN2C(=O)c3cccn3CC12c1ccc(Cl)cc1. The van der Waals surface area contributed by atoms with Gasteiger partial charge >= 0.3 is 0 Å². The van der Waals surface area contributed by atoms with Crippen LogP contribution in [-0.2, 0) is 12.2 Å². The van der Waals surface area contributed by atoms with Gasteiger partial charge in [0.05, 0.1) is 18.4 Å². The van der Waals surface area contributed by atoms with Crippen LogP contribution < -0.4 is 0 Å². The van der Waals surface area contributed by atoms with Gasteiger partial charge in [0.25, 0.3) is 11.8 Å². The Morgan fingerprint density at radius 2 is 1.93 bits per heavy atom. The first-order valence-electron chi connectivity index (χ1n) is 8.68. The van der Waals surface area contributed by atoms with Crippen molar-refractivity contribution in [2.24, 2.45) is 0 Å². The molecule has 0 saturated carbocycles. The molecule has 0 radical (unpaired) electrons. The van der Waals surface area contributed by atoms with Crippen LogP contribution in [0.25, 0.3) is 0 Å². The molecule has 1 unspecified atom stereocenters. The first-order valence-corrected chi connectivity index (χ1v) is 9.06. The highest BCUT2D eigenvalue weighted by atomic mass is 35.5. The van der Waals surface area contributed by atoms with Crippen LogP contribution in [0, 0.1) is 0 Å². The molecule has 7 heteroatoms. The van der Waals surface area contributed by atoms with Gasteiger partial charge in [0.1, 0.15) is 12.0 Å². The Hall–Kier alpha value is -2.99. The molecule has 4 heterocycles. The molecule has 6 nitrogen and oxygen atoms in total. The lowest BCUT2D eigenvalue weighted by molar-refractivity contribution is -0.00594. The third-order valence-electron chi connectivity index (χ3n) is 5.44. The summed E-state index contributed by atoms with van der Waals surface area (Å²) in [5.74, 6) is -0.242. The molecule has 0 aliphatic carbocycles. The molecule has 2 aromatic heterocycles. The minimum Gasteiger partial charge on any atom is -0.472 e. The van der Waals surface area contributed by atoms with Gasteiger partial charge in [-0.1, -0.05) is 23.7 Å². The summed E-state index contributed by atoms with van der Waals surface area (Å²) in [5, 5.41) is 0.608. The molecule has 0 spiro atoms. The monoisotopic (exact) mass is 381 g/mol. The highest BCUT2D eigenvalue weighted by Gasteiger charge is 2.56. The predicted octanol–water partition coefficient (Wildman–Crippen LogP) is 3.20. The summed E-state index contributed by atoms with van der Waals surface area (Å²) in [4.78, 5) is 30.0. The molecule has 2 aliphatic heterocycles. The van der Waals surface area contributed by atoms with Crippen LogP contribution in [0.15, 0.2) is 65.6 Å². The molecule has 5 rings (SSSR count). The van der Waals surface area contributed by atoms with Crippen molar-refractivity contribution in [1.82, 2.24) is 14.4 Å². The van der Waals surface area contributed by atoms with Crippen LogP contribution in [0.4, 0.5) is 0 Å². The molecule has 1 saturated heterocycles. The van der Waals surface area contributed by atoms with Crippen molar-refractivity contribution in [3.05, 3.63) is 83.0 Å². The maximum absolute atomic E-state index is 13.3. The number of fused-ring (bicyclic) bond motifs is 2. The lowest BCUT2D eigenvalue weighted by Crippen LogP contribution is -2.59. The zero-order valence-electron chi connectivity index (χ0n) is 14.3. The van der Waals surface area contributed by atoms with Crippen LogP contribution in [0.3, 0.4) is 0 Å². The Morgan fingerprint density at radius 1 is 1.11 bits per heavy atom. The number of carbonyl (C=O) groups excluding carboxylic acids is 2. The lowest BCUT2D eigenvalue weighted by atomic mass is 9.94. The number of aromatic nitrogens is 1. The van der Waals surface area contributed by atoms with Crippen molar-refractivity contribution >= 4 is 23.4 Å². The van der Waals surface area contributed by atoms with Crippen molar-refractivity contribution in [3.63, 3.8) is 0 Å². The van der Waals surface area contributed by atoms with Crippen molar-refractivity contribution in [2.75, 3.05) is 13.1 Å². The summed E-state index contributed by atoms with van der Waals surface area (Å²) in [6, 6.07) is 12.7. The topological polar surface area (TPSA) is 58.7 Å². The zero-order chi connectivity index (χ0) is 18.6. The van der Waals surface area contributed by atoms with Gasteiger partial charge in [-0.2, -0.15) is 0 Å². The summed E-state index contributed by atoms with van der Waals surface area (Å²) in [6.45, 7) is 1.38. The number of nitrogens with zero attached hydrogens (tertiary/aromatic N) is 3. The standard InChI is InChI=1S/C20H16ClN3O3/c21-16-5-3-15(4-6-16)20-13-22-8-1-2-17(22)19(26)24(20)10-9-23(20)18(25)14-7-11-27-12-14/h1-8,11-12H,9-10,13H2. The first-order chi connectivity index (χ1) is 13.1.